The first-order valence-corrected chi connectivity index (χ1v) is 7.21. The van der Waals surface area contributed by atoms with Gasteiger partial charge in [0.2, 0.25) is 0 Å². The number of aromatic amines is 1. The molecule has 100 valence electrons. The summed E-state index contributed by atoms with van der Waals surface area (Å²) in [5, 5.41) is 3.30. The van der Waals surface area contributed by atoms with E-state index in [1.807, 2.05) is 0 Å². The monoisotopic (exact) mass is 314 g/mol. The minimum atomic E-state index is -0.174. The number of nitrogens with one attached hydrogen (secondary N) is 2. The molecule has 1 atom stereocenters. The van der Waals surface area contributed by atoms with Crippen LogP contribution in [0, 0.1) is 5.92 Å². The molecular formula is C12H19BrN4O. The topological polar surface area (TPSA) is 83.8 Å². The molecule has 0 bridgehead atoms. The predicted molar refractivity (Wildman–Crippen MR) is 75.6 cm³/mol. The van der Waals surface area contributed by atoms with E-state index in [0.29, 0.717) is 22.8 Å². The molecule has 1 aromatic rings. The Bertz CT molecular complexity index is 442. The highest BCUT2D eigenvalue weighted by Gasteiger charge is 2.23. The fourth-order valence-corrected chi connectivity index (χ4v) is 2.90. The Morgan fingerprint density at radius 3 is 2.89 bits per heavy atom. The Labute approximate surface area is 115 Å². The minimum absolute atomic E-state index is 0.174. The van der Waals surface area contributed by atoms with Crippen LogP contribution in [0.15, 0.2) is 15.6 Å². The van der Waals surface area contributed by atoms with Crippen LogP contribution in [-0.4, -0.2) is 22.6 Å². The lowest BCUT2D eigenvalue weighted by Crippen LogP contribution is -2.38. The molecule has 1 aromatic heterocycles. The average Bonchev–Trinajstić information content (AvgIpc) is 2.41. The smallest absolute Gasteiger partial charge is 0.267 e. The van der Waals surface area contributed by atoms with Crippen molar-refractivity contribution < 1.29 is 0 Å². The fraction of sp³-hybridized carbons (Fsp3) is 0.667. The second-order valence-electron chi connectivity index (χ2n) is 4.78. The van der Waals surface area contributed by atoms with Gasteiger partial charge in [-0.2, -0.15) is 0 Å². The minimum Gasteiger partial charge on any atom is -0.365 e. The molecule has 6 heteroatoms. The molecule has 1 aliphatic rings. The SMILES string of the molecule is NCC(Nc1nc[nH]c(=O)c1Br)C1CCCCC1. The zero-order valence-electron chi connectivity index (χ0n) is 10.3. The Balaban J connectivity index is 2.09. The van der Waals surface area contributed by atoms with Gasteiger partial charge in [0, 0.05) is 12.6 Å². The zero-order chi connectivity index (χ0) is 13.0. The number of halogens is 1. The summed E-state index contributed by atoms with van der Waals surface area (Å²) < 4.78 is 0.444. The number of hydrogen-bond acceptors (Lipinski definition) is 4. The van der Waals surface area contributed by atoms with E-state index < -0.39 is 0 Å². The summed E-state index contributed by atoms with van der Waals surface area (Å²) >= 11 is 3.25. The summed E-state index contributed by atoms with van der Waals surface area (Å²) in [5.74, 6) is 1.16. The molecule has 5 nitrogen and oxygen atoms in total. The Kier molecular flexibility index (Phi) is 4.77. The maximum Gasteiger partial charge on any atom is 0.267 e. The summed E-state index contributed by atoms with van der Waals surface area (Å²) in [7, 11) is 0. The van der Waals surface area contributed by atoms with Crippen molar-refractivity contribution in [3.63, 3.8) is 0 Å². The molecule has 1 fully saturated rings. The van der Waals surface area contributed by atoms with Crippen molar-refractivity contribution in [1.82, 2.24) is 9.97 Å². The van der Waals surface area contributed by atoms with Gasteiger partial charge in [0.25, 0.3) is 5.56 Å². The van der Waals surface area contributed by atoms with Crippen LogP contribution in [0.1, 0.15) is 32.1 Å². The van der Waals surface area contributed by atoms with Gasteiger partial charge in [0.1, 0.15) is 10.3 Å². The van der Waals surface area contributed by atoms with E-state index in [-0.39, 0.29) is 11.6 Å². The molecule has 0 aromatic carbocycles. The molecular weight excluding hydrogens is 296 g/mol. The van der Waals surface area contributed by atoms with E-state index in [2.05, 4.69) is 31.2 Å². The fourth-order valence-electron chi connectivity index (χ4n) is 2.57. The Morgan fingerprint density at radius 2 is 2.22 bits per heavy atom. The second-order valence-corrected chi connectivity index (χ2v) is 5.57. The third-order valence-electron chi connectivity index (χ3n) is 3.59. The average molecular weight is 315 g/mol. The standard InChI is InChI=1S/C12H19BrN4O/c13-10-11(15-7-16-12(10)18)17-9(6-14)8-4-2-1-3-5-8/h7-9H,1-6,14H2,(H2,15,16,17,18). The Hall–Kier alpha value is -0.880. The number of anilines is 1. The number of rotatable bonds is 4. The van der Waals surface area contributed by atoms with E-state index in [9.17, 15) is 4.79 Å². The Morgan fingerprint density at radius 1 is 1.50 bits per heavy atom. The van der Waals surface area contributed by atoms with Crippen molar-refractivity contribution in [2.45, 2.75) is 38.1 Å². The summed E-state index contributed by atoms with van der Waals surface area (Å²) in [5.41, 5.74) is 5.67. The van der Waals surface area contributed by atoms with Crippen LogP contribution in [0.4, 0.5) is 5.82 Å². The van der Waals surface area contributed by atoms with Crippen LogP contribution in [0.2, 0.25) is 0 Å². The highest BCUT2D eigenvalue weighted by Crippen LogP contribution is 2.28. The van der Waals surface area contributed by atoms with Gasteiger partial charge >= 0.3 is 0 Å². The van der Waals surface area contributed by atoms with Crippen LogP contribution in [0.25, 0.3) is 0 Å². The van der Waals surface area contributed by atoms with Crippen LogP contribution >= 0.6 is 15.9 Å². The quantitative estimate of drug-likeness (QED) is 0.792. The number of hydrogen-bond donors (Lipinski definition) is 3. The number of nitrogens with zero attached hydrogens (tertiary/aromatic N) is 1. The molecule has 18 heavy (non-hydrogen) atoms. The van der Waals surface area contributed by atoms with E-state index in [4.69, 9.17) is 5.73 Å². The first-order valence-electron chi connectivity index (χ1n) is 6.42. The van der Waals surface area contributed by atoms with E-state index >= 15 is 0 Å². The van der Waals surface area contributed by atoms with E-state index in [0.717, 1.165) is 0 Å². The zero-order valence-corrected chi connectivity index (χ0v) is 11.9. The van der Waals surface area contributed by atoms with Gasteiger partial charge in [-0.25, -0.2) is 4.98 Å². The first-order chi connectivity index (χ1) is 8.72. The van der Waals surface area contributed by atoms with Gasteiger partial charge in [-0.15, -0.1) is 0 Å². The molecule has 0 amide bonds. The van der Waals surface area contributed by atoms with Gasteiger partial charge in [-0.1, -0.05) is 19.3 Å². The second kappa shape index (κ2) is 6.33. The molecule has 1 aliphatic carbocycles. The maximum absolute atomic E-state index is 11.5. The van der Waals surface area contributed by atoms with E-state index in [1.165, 1.54) is 38.4 Å². The molecule has 2 rings (SSSR count). The highest BCUT2D eigenvalue weighted by atomic mass is 79.9. The number of H-pyrrole nitrogens is 1. The molecule has 4 N–H and O–H groups in total. The van der Waals surface area contributed by atoms with Gasteiger partial charge < -0.3 is 16.0 Å². The normalized spacial score (nSPS) is 18.6. The highest BCUT2D eigenvalue weighted by molar-refractivity contribution is 9.10. The van der Waals surface area contributed by atoms with Crippen LogP contribution < -0.4 is 16.6 Å². The van der Waals surface area contributed by atoms with Gasteiger partial charge in [0.05, 0.1) is 6.33 Å². The largest absolute Gasteiger partial charge is 0.365 e. The summed E-state index contributed by atoms with van der Waals surface area (Å²) in [4.78, 5) is 18.2. The van der Waals surface area contributed by atoms with Crippen molar-refractivity contribution in [1.29, 1.82) is 0 Å². The molecule has 1 heterocycles. The van der Waals surface area contributed by atoms with Gasteiger partial charge in [-0.3, -0.25) is 4.79 Å². The van der Waals surface area contributed by atoms with Crippen LogP contribution in [0.5, 0.6) is 0 Å². The third-order valence-corrected chi connectivity index (χ3v) is 4.33. The first kappa shape index (κ1) is 13.5. The van der Waals surface area contributed by atoms with Crippen molar-refractivity contribution >= 4 is 21.7 Å². The van der Waals surface area contributed by atoms with Crippen LogP contribution in [-0.2, 0) is 0 Å². The lowest BCUT2D eigenvalue weighted by molar-refractivity contribution is 0.320. The molecule has 1 unspecified atom stereocenters. The lowest BCUT2D eigenvalue weighted by atomic mass is 9.84. The maximum atomic E-state index is 11.5. The molecule has 0 aliphatic heterocycles. The predicted octanol–water partition coefficient (Wildman–Crippen LogP) is 1.85. The number of nitrogens with two attached hydrogens (primary N) is 1. The van der Waals surface area contributed by atoms with Gasteiger partial charge in [-0.05, 0) is 34.7 Å². The summed E-state index contributed by atoms with van der Waals surface area (Å²) in [6.07, 6.45) is 7.68. The molecule has 0 spiro atoms. The summed E-state index contributed by atoms with van der Waals surface area (Å²) in [6, 6.07) is 0.191. The molecule has 0 radical (unpaired) electrons. The summed E-state index contributed by atoms with van der Waals surface area (Å²) in [6.45, 7) is 0.561. The molecule has 0 saturated heterocycles. The van der Waals surface area contributed by atoms with Crippen LogP contribution in [0.3, 0.4) is 0 Å². The van der Waals surface area contributed by atoms with E-state index in [1.54, 1.807) is 0 Å². The lowest BCUT2D eigenvalue weighted by Gasteiger charge is -2.30. The third kappa shape index (κ3) is 3.11. The van der Waals surface area contributed by atoms with Gasteiger partial charge in [0.15, 0.2) is 0 Å². The van der Waals surface area contributed by atoms with Crippen molar-refractivity contribution in [2.24, 2.45) is 11.7 Å². The van der Waals surface area contributed by atoms with Crippen molar-refractivity contribution in [2.75, 3.05) is 11.9 Å². The van der Waals surface area contributed by atoms with Crippen molar-refractivity contribution in [3.05, 3.63) is 21.2 Å². The van der Waals surface area contributed by atoms with Crippen molar-refractivity contribution in [3.8, 4) is 0 Å². The molecule has 1 saturated carbocycles. The number of aromatic nitrogens is 2.